The summed E-state index contributed by atoms with van der Waals surface area (Å²) in [6.07, 6.45) is 4.92. The number of rotatable bonds is 1. The summed E-state index contributed by atoms with van der Waals surface area (Å²) in [5.41, 5.74) is 6.23. The molecule has 5 heteroatoms. The first kappa shape index (κ1) is 7.17. The molecular weight excluding hydrogens is 172 g/mol. The predicted molar refractivity (Wildman–Crippen MR) is 47.6 cm³/mol. The second-order valence-corrected chi connectivity index (χ2v) is 3.03. The molecule has 2 N–H and O–H groups in total. The van der Waals surface area contributed by atoms with E-state index in [-0.39, 0.29) is 0 Å². The number of thiazole rings is 1. The lowest BCUT2D eigenvalue weighted by atomic mass is 10.5. The van der Waals surface area contributed by atoms with Gasteiger partial charge in [0.1, 0.15) is 16.5 Å². The van der Waals surface area contributed by atoms with E-state index in [9.17, 15) is 0 Å². The molecule has 0 bridgehead atoms. The molecule has 0 aliphatic heterocycles. The normalized spacial score (nSPS) is 10.0. The molecule has 0 atom stereocenters. The maximum absolute atomic E-state index is 5.47. The highest BCUT2D eigenvalue weighted by molar-refractivity contribution is 7.13. The molecule has 12 heavy (non-hydrogen) atoms. The molecule has 0 aliphatic rings. The molecule has 2 rings (SSSR count). The van der Waals surface area contributed by atoms with Gasteiger partial charge in [0.15, 0.2) is 0 Å². The van der Waals surface area contributed by atoms with Crippen molar-refractivity contribution in [3.05, 3.63) is 24.0 Å². The number of nitrogens with zero attached hydrogens (tertiary/aromatic N) is 3. The fraction of sp³-hybridized carbons (Fsp3) is 0. The maximum Gasteiger partial charge on any atom is 0.145 e. The van der Waals surface area contributed by atoms with Crippen LogP contribution in [0.4, 0.5) is 5.82 Å². The Balaban J connectivity index is 2.45. The molecule has 0 spiro atoms. The molecule has 2 heterocycles. The van der Waals surface area contributed by atoms with E-state index in [1.807, 2.05) is 0 Å². The van der Waals surface area contributed by atoms with E-state index in [2.05, 4.69) is 15.0 Å². The first-order chi connectivity index (χ1) is 5.86. The summed E-state index contributed by atoms with van der Waals surface area (Å²) in [5.74, 6) is 0.528. The third-order valence-corrected chi connectivity index (χ3v) is 2.19. The molecule has 0 saturated heterocycles. The lowest BCUT2D eigenvalue weighted by Crippen LogP contribution is -1.85. The van der Waals surface area contributed by atoms with Crippen LogP contribution >= 0.6 is 11.3 Å². The summed E-state index contributed by atoms with van der Waals surface area (Å²) >= 11 is 1.46. The van der Waals surface area contributed by atoms with Crippen molar-refractivity contribution in [3.8, 4) is 10.7 Å². The van der Waals surface area contributed by atoms with Crippen molar-refractivity contribution in [2.24, 2.45) is 0 Å². The number of nitrogens with two attached hydrogens (primary N) is 1. The van der Waals surface area contributed by atoms with Gasteiger partial charge in [-0.3, -0.25) is 9.97 Å². The van der Waals surface area contributed by atoms with E-state index in [1.54, 1.807) is 24.0 Å². The first-order valence-electron chi connectivity index (χ1n) is 3.33. The van der Waals surface area contributed by atoms with E-state index in [1.165, 1.54) is 11.3 Å². The summed E-state index contributed by atoms with van der Waals surface area (Å²) < 4.78 is 0. The van der Waals surface area contributed by atoms with E-state index >= 15 is 0 Å². The molecule has 60 valence electrons. The predicted octanol–water partition coefficient (Wildman–Crippen LogP) is 1.18. The third kappa shape index (κ3) is 1.26. The Labute approximate surface area is 73.1 Å². The minimum absolute atomic E-state index is 0.528. The van der Waals surface area contributed by atoms with Crippen LogP contribution in [0.15, 0.2) is 24.0 Å². The topological polar surface area (TPSA) is 64.7 Å². The van der Waals surface area contributed by atoms with Gasteiger partial charge in [0, 0.05) is 17.8 Å². The molecule has 0 amide bonds. The van der Waals surface area contributed by atoms with Gasteiger partial charge in [0.25, 0.3) is 0 Å². The average Bonchev–Trinajstić information content (AvgIpc) is 2.54. The van der Waals surface area contributed by atoms with Crippen LogP contribution in [0.3, 0.4) is 0 Å². The molecule has 0 aromatic carbocycles. The number of hydrogen-bond donors (Lipinski definition) is 1. The van der Waals surface area contributed by atoms with E-state index < -0.39 is 0 Å². The van der Waals surface area contributed by atoms with Crippen molar-refractivity contribution in [1.82, 2.24) is 15.0 Å². The Bertz CT molecular complexity index is 370. The molecular formula is C7H6N4S. The van der Waals surface area contributed by atoms with Gasteiger partial charge in [0.05, 0.1) is 6.20 Å². The molecule has 4 nitrogen and oxygen atoms in total. The third-order valence-electron chi connectivity index (χ3n) is 1.30. The summed E-state index contributed by atoms with van der Waals surface area (Å²) in [5, 5.41) is 2.59. The standard InChI is InChI=1S/C7H6N4S/c8-6-4-12-7(11-6)5-3-9-1-2-10-5/h1-4H,8H2. The molecule has 0 fully saturated rings. The van der Waals surface area contributed by atoms with Crippen LogP contribution in [0.1, 0.15) is 0 Å². The van der Waals surface area contributed by atoms with Gasteiger partial charge in [-0.1, -0.05) is 0 Å². The van der Waals surface area contributed by atoms with Crippen LogP contribution in [0, 0.1) is 0 Å². The smallest absolute Gasteiger partial charge is 0.145 e. The Hall–Kier alpha value is -1.49. The van der Waals surface area contributed by atoms with Gasteiger partial charge < -0.3 is 5.73 Å². The zero-order valence-corrected chi connectivity index (χ0v) is 6.95. The second-order valence-electron chi connectivity index (χ2n) is 2.17. The van der Waals surface area contributed by atoms with E-state index in [0.717, 1.165) is 10.7 Å². The number of aromatic nitrogens is 3. The number of nitrogen functional groups attached to an aromatic ring is 1. The molecule has 0 aliphatic carbocycles. The summed E-state index contributed by atoms with van der Waals surface area (Å²) in [7, 11) is 0. The van der Waals surface area contributed by atoms with Gasteiger partial charge >= 0.3 is 0 Å². The fourth-order valence-corrected chi connectivity index (χ4v) is 1.48. The highest BCUT2D eigenvalue weighted by Crippen LogP contribution is 2.21. The second kappa shape index (κ2) is 2.86. The summed E-state index contributed by atoms with van der Waals surface area (Å²) in [6, 6.07) is 0. The lowest BCUT2D eigenvalue weighted by molar-refractivity contribution is 1.20. The van der Waals surface area contributed by atoms with Crippen molar-refractivity contribution in [2.45, 2.75) is 0 Å². The van der Waals surface area contributed by atoms with Crippen LogP contribution in [0.2, 0.25) is 0 Å². The Kier molecular flexibility index (Phi) is 1.71. The Morgan fingerprint density at radius 3 is 2.83 bits per heavy atom. The minimum atomic E-state index is 0.528. The van der Waals surface area contributed by atoms with Crippen molar-refractivity contribution >= 4 is 17.2 Å². The van der Waals surface area contributed by atoms with Crippen molar-refractivity contribution in [1.29, 1.82) is 0 Å². The van der Waals surface area contributed by atoms with Gasteiger partial charge in [-0.05, 0) is 0 Å². The van der Waals surface area contributed by atoms with Crippen LogP contribution < -0.4 is 5.73 Å². The van der Waals surface area contributed by atoms with Gasteiger partial charge in [0.2, 0.25) is 0 Å². The summed E-state index contributed by atoms with van der Waals surface area (Å²) in [4.78, 5) is 12.1. The van der Waals surface area contributed by atoms with Gasteiger partial charge in [-0.25, -0.2) is 4.98 Å². The fourth-order valence-electron chi connectivity index (χ4n) is 0.813. The number of anilines is 1. The van der Waals surface area contributed by atoms with Gasteiger partial charge in [-0.2, -0.15) is 0 Å². The van der Waals surface area contributed by atoms with E-state index in [4.69, 9.17) is 5.73 Å². The summed E-state index contributed by atoms with van der Waals surface area (Å²) in [6.45, 7) is 0. The molecule has 2 aromatic rings. The highest BCUT2D eigenvalue weighted by atomic mass is 32.1. The van der Waals surface area contributed by atoms with Crippen molar-refractivity contribution in [3.63, 3.8) is 0 Å². The molecule has 0 saturated carbocycles. The zero-order chi connectivity index (χ0) is 8.39. The van der Waals surface area contributed by atoms with Gasteiger partial charge in [-0.15, -0.1) is 11.3 Å². The largest absolute Gasteiger partial charge is 0.383 e. The van der Waals surface area contributed by atoms with Crippen LogP contribution in [0.5, 0.6) is 0 Å². The average molecular weight is 178 g/mol. The lowest BCUT2D eigenvalue weighted by Gasteiger charge is -1.90. The van der Waals surface area contributed by atoms with Crippen molar-refractivity contribution < 1.29 is 0 Å². The van der Waals surface area contributed by atoms with Crippen LogP contribution in [-0.2, 0) is 0 Å². The van der Waals surface area contributed by atoms with Crippen LogP contribution in [0.25, 0.3) is 10.7 Å². The highest BCUT2D eigenvalue weighted by Gasteiger charge is 2.02. The minimum Gasteiger partial charge on any atom is -0.383 e. The molecule has 0 unspecified atom stereocenters. The quantitative estimate of drug-likeness (QED) is 0.712. The first-order valence-corrected chi connectivity index (χ1v) is 4.21. The molecule has 0 radical (unpaired) electrons. The van der Waals surface area contributed by atoms with Crippen molar-refractivity contribution in [2.75, 3.05) is 5.73 Å². The SMILES string of the molecule is Nc1csc(-c2cnccn2)n1. The van der Waals surface area contributed by atoms with Crippen LogP contribution in [-0.4, -0.2) is 15.0 Å². The maximum atomic E-state index is 5.47. The Morgan fingerprint density at radius 2 is 2.25 bits per heavy atom. The number of hydrogen-bond acceptors (Lipinski definition) is 5. The monoisotopic (exact) mass is 178 g/mol. The molecule has 2 aromatic heterocycles. The zero-order valence-electron chi connectivity index (χ0n) is 6.14. The Morgan fingerprint density at radius 1 is 1.33 bits per heavy atom. The van der Waals surface area contributed by atoms with E-state index in [0.29, 0.717) is 5.82 Å².